The van der Waals surface area contributed by atoms with Crippen molar-refractivity contribution in [1.29, 1.82) is 0 Å². The number of H-pyrrole nitrogens is 1. The summed E-state index contributed by atoms with van der Waals surface area (Å²) >= 11 is 0. The van der Waals surface area contributed by atoms with Crippen molar-refractivity contribution in [1.82, 2.24) is 20.8 Å². The van der Waals surface area contributed by atoms with Crippen LogP contribution < -0.4 is 10.6 Å². The first-order valence-corrected chi connectivity index (χ1v) is 7.79. The van der Waals surface area contributed by atoms with E-state index in [-0.39, 0.29) is 5.91 Å². The Morgan fingerprint density at radius 1 is 1.45 bits per heavy atom. The van der Waals surface area contributed by atoms with E-state index in [0.29, 0.717) is 11.6 Å². The van der Waals surface area contributed by atoms with Gasteiger partial charge >= 0.3 is 0 Å². The van der Waals surface area contributed by atoms with E-state index in [1.165, 1.54) is 25.7 Å². The molecule has 0 bridgehead atoms. The minimum absolute atomic E-state index is 0.0237. The van der Waals surface area contributed by atoms with Crippen molar-refractivity contribution in [3.05, 3.63) is 17.0 Å². The molecule has 5 nitrogen and oxygen atoms in total. The van der Waals surface area contributed by atoms with Crippen LogP contribution in [0.15, 0.2) is 0 Å². The Morgan fingerprint density at radius 3 is 3.20 bits per heavy atom. The van der Waals surface area contributed by atoms with Crippen molar-refractivity contribution in [2.24, 2.45) is 11.8 Å². The maximum atomic E-state index is 12.3. The van der Waals surface area contributed by atoms with Crippen LogP contribution in [-0.2, 0) is 13.0 Å². The second kappa shape index (κ2) is 5.95. The lowest BCUT2D eigenvalue weighted by atomic mass is 9.82. The van der Waals surface area contributed by atoms with Crippen molar-refractivity contribution in [2.45, 2.75) is 45.6 Å². The number of hydrogen-bond donors (Lipinski definition) is 3. The predicted molar refractivity (Wildman–Crippen MR) is 77.5 cm³/mol. The zero-order valence-corrected chi connectivity index (χ0v) is 12.2. The molecular formula is C15H24N4O. The molecule has 1 aromatic rings. The summed E-state index contributed by atoms with van der Waals surface area (Å²) in [7, 11) is 0. The van der Waals surface area contributed by atoms with Crippen molar-refractivity contribution >= 4 is 5.91 Å². The minimum atomic E-state index is -0.0237. The number of nitrogens with zero attached hydrogens (tertiary/aromatic N) is 1. The molecule has 1 aliphatic carbocycles. The third-order valence-corrected chi connectivity index (χ3v) is 4.62. The Balaban J connectivity index is 1.58. The number of carbonyl (C=O) groups excluding carboxylic acids is 1. The standard InChI is InChI=1S/C15H24N4O/c1-10-3-2-4-11(7-10)8-17-15(20)14-12-9-16-6-5-13(12)18-19-14/h10-11,16H,2-9H2,1H3,(H,17,20)(H,18,19). The first kappa shape index (κ1) is 13.6. The van der Waals surface area contributed by atoms with E-state index in [2.05, 4.69) is 27.8 Å². The van der Waals surface area contributed by atoms with Crippen molar-refractivity contribution in [2.75, 3.05) is 13.1 Å². The van der Waals surface area contributed by atoms with Crippen LogP contribution in [0.2, 0.25) is 0 Å². The van der Waals surface area contributed by atoms with E-state index in [0.717, 1.165) is 43.2 Å². The van der Waals surface area contributed by atoms with E-state index < -0.39 is 0 Å². The summed E-state index contributed by atoms with van der Waals surface area (Å²) < 4.78 is 0. The molecule has 1 amide bonds. The van der Waals surface area contributed by atoms with Crippen LogP contribution in [0.3, 0.4) is 0 Å². The Kier molecular flexibility index (Phi) is 4.05. The summed E-state index contributed by atoms with van der Waals surface area (Å²) in [6.45, 7) is 4.80. The van der Waals surface area contributed by atoms with Gasteiger partial charge in [-0.25, -0.2) is 0 Å². The number of aromatic amines is 1. The van der Waals surface area contributed by atoms with Crippen LogP contribution in [-0.4, -0.2) is 29.2 Å². The third-order valence-electron chi connectivity index (χ3n) is 4.62. The van der Waals surface area contributed by atoms with Gasteiger partial charge in [0, 0.05) is 37.3 Å². The summed E-state index contributed by atoms with van der Waals surface area (Å²) in [5, 5.41) is 13.6. The summed E-state index contributed by atoms with van der Waals surface area (Å²) in [6, 6.07) is 0. The van der Waals surface area contributed by atoms with Crippen LogP contribution in [0.4, 0.5) is 0 Å². The van der Waals surface area contributed by atoms with Gasteiger partial charge in [0.1, 0.15) is 0 Å². The van der Waals surface area contributed by atoms with Crippen molar-refractivity contribution in [3.63, 3.8) is 0 Å². The highest BCUT2D eigenvalue weighted by Gasteiger charge is 2.23. The first-order valence-electron chi connectivity index (χ1n) is 7.79. The maximum Gasteiger partial charge on any atom is 0.272 e. The van der Waals surface area contributed by atoms with Crippen LogP contribution >= 0.6 is 0 Å². The second-order valence-electron chi connectivity index (χ2n) is 6.30. The maximum absolute atomic E-state index is 12.3. The molecule has 0 saturated heterocycles. The fourth-order valence-corrected chi connectivity index (χ4v) is 3.48. The fourth-order valence-electron chi connectivity index (χ4n) is 3.48. The minimum Gasteiger partial charge on any atom is -0.350 e. The molecule has 3 N–H and O–H groups in total. The van der Waals surface area contributed by atoms with Crippen LogP contribution in [0.5, 0.6) is 0 Å². The lowest BCUT2D eigenvalue weighted by Crippen LogP contribution is -2.33. The summed E-state index contributed by atoms with van der Waals surface area (Å²) in [5.41, 5.74) is 2.74. The topological polar surface area (TPSA) is 69.8 Å². The molecular weight excluding hydrogens is 252 g/mol. The highest BCUT2D eigenvalue weighted by molar-refractivity contribution is 5.94. The number of aromatic nitrogens is 2. The van der Waals surface area contributed by atoms with Gasteiger partial charge in [0.05, 0.1) is 0 Å². The summed E-state index contributed by atoms with van der Waals surface area (Å²) in [6.07, 6.45) is 6.04. The molecule has 110 valence electrons. The van der Waals surface area contributed by atoms with E-state index in [1.807, 2.05) is 0 Å². The molecule has 2 heterocycles. The van der Waals surface area contributed by atoms with Gasteiger partial charge in [0.2, 0.25) is 0 Å². The Bertz CT molecular complexity index is 482. The normalized spacial score (nSPS) is 26.1. The first-order chi connectivity index (χ1) is 9.74. The largest absolute Gasteiger partial charge is 0.350 e. The number of hydrogen-bond acceptors (Lipinski definition) is 3. The monoisotopic (exact) mass is 276 g/mol. The molecule has 1 aliphatic heterocycles. The summed E-state index contributed by atoms with van der Waals surface area (Å²) in [5.74, 6) is 1.41. The lowest BCUT2D eigenvalue weighted by Gasteiger charge is -2.26. The SMILES string of the molecule is CC1CCCC(CNC(=O)c2n[nH]c3c2CNCC3)C1. The molecule has 5 heteroatoms. The van der Waals surface area contributed by atoms with Crippen molar-refractivity contribution in [3.8, 4) is 0 Å². The average molecular weight is 276 g/mol. The highest BCUT2D eigenvalue weighted by atomic mass is 16.1. The number of rotatable bonds is 3. The van der Waals surface area contributed by atoms with Gasteiger partial charge in [0.25, 0.3) is 5.91 Å². The Labute approximate surface area is 119 Å². The van der Waals surface area contributed by atoms with Gasteiger partial charge < -0.3 is 10.6 Å². The highest BCUT2D eigenvalue weighted by Crippen LogP contribution is 2.28. The molecule has 2 aliphatic rings. The number of amides is 1. The Hall–Kier alpha value is -1.36. The average Bonchev–Trinajstić information content (AvgIpc) is 2.89. The van der Waals surface area contributed by atoms with Gasteiger partial charge in [-0.2, -0.15) is 5.10 Å². The van der Waals surface area contributed by atoms with E-state index >= 15 is 0 Å². The lowest BCUT2D eigenvalue weighted by molar-refractivity contribution is 0.0934. The van der Waals surface area contributed by atoms with E-state index in [4.69, 9.17) is 0 Å². The molecule has 0 aromatic carbocycles. The van der Waals surface area contributed by atoms with Gasteiger partial charge in [0.15, 0.2) is 5.69 Å². The van der Waals surface area contributed by atoms with Gasteiger partial charge in [-0.3, -0.25) is 9.89 Å². The molecule has 0 radical (unpaired) electrons. The zero-order valence-electron chi connectivity index (χ0n) is 12.2. The molecule has 3 rings (SSSR count). The van der Waals surface area contributed by atoms with Crippen LogP contribution in [0.1, 0.15) is 54.4 Å². The molecule has 0 spiro atoms. The number of nitrogens with one attached hydrogen (secondary N) is 3. The molecule has 1 aromatic heterocycles. The smallest absolute Gasteiger partial charge is 0.272 e. The zero-order chi connectivity index (χ0) is 13.9. The van der Waals surface area contributed by atoms with Gasteiger partial charge in [-0.05, 0) is 24.7 Å². The fraction of sp³-hybridized carbons (Fsp3) is 0.733. The third kappa shape index (κ3) is 2.87. The summed E-state index contributed by atoms with van der Waals surface area (Å²) in [4.78, 5) is 12.3. The quantitative estimate of drug-likeness (QED) is 0.785. The van der Waals surface area contributed by atoms with E-state index in [1.54, 1.807) is 0 Å². The molecule has 20 heavy (non-hydrogen) atoms. The molecule has 2 unspecified atom stereocenters. The molecule has 1 fully saturated rings. The predicted octanol–water partition coefficient (Wildman–Crippen LogP) is 1.61. The number of carbonyl (C=O) groups is 1. The number of fused-ring (bicyclic) bond motifs is 1. The van der Waals surface area contributed by atoms with Crippen LogP contribution in [0, 0.1) is 11.8 Å². The molecule has 2 atom stereocenters. The Morgan fingerprint density at radius 2 is 2.35 bits per heavy atom. The van der Waals surface area contributed by atoms with Crippen LogP contribution in [0.25, 0.3) is 0 Å². The van der Waals surface area contributed by atoms with Gasteiger partial charge in [-0.1, -0.05) is 19.8 Å². The second-order valence-corrected chi connectivity index (χ2v) is 6.30. The van der Waals surface area contributed by atoms with Gasteiger partial charge in [-0.15, -0.1) is 0 Å². The van der Waals surface area contributed by atoms with Crippen molar-refractivity contribution < 1.29 is 4.79 Å². The van der Waals surface area contributed by atoms with E-state index in [9.17, 15) is 4.79 Å². The molecule has 1 saturated carbocycles.